The van der Waals surface area contributed by atoms with Crippen molar-refractivity contribution < 1.29 is 35.9 Å². The van der Waals surface area contributed by atoms with Crippen molar-refractivity contribution in [2.24, 2.45) is 11.7 Å². The Morgan fingerprint density at radius 1 is 1.03 bits per heavy atom. The fourth-order valence-electron chi connectivity index (χ4n) is 4.61. The van der Waals surface area contributed by atoms with Gasteiger partial charge < -0.3 is 21.3 Å². The first-order valence-corrected chi connectivity index (χ1v) is 11.4. The predicted octanol–water partition coefficient (Wildman–Crippen LogP) is 3.37. The topological polar surface area (TPSA) is 70.4 Å². The zero-order valence-corrected chi connectivity index (χ0v) is 23.8. The third kappa shape index (κ3) is 7.50. The molecule has 4 rings (SSSR count). The molecule has 2 aromatic carbocycles. The second-order valence-corrected chi connectivity index (χ2v) is 8.14. The van der Waals surface area contributed by atoms with Crippen molar-refractivity contribution in [3.63, 3.8) is 0 Å². The number of amides is 1. The summed E-state index contributed by atoms with van der Waals surface area (Å²) in [4.78, 5) is 14.7. The zero-order chi connectivity index (χ0) is 22.8. The van der Waals surface area contributed by atoms with E-state index in [-0.39, 0.29) is 31.1 Å². The Morgan fingerprint density at radius 3 is 2.18 bits per heavy atom. The van der Waals surface area contributed by atoms with Gasteiger partial charge in [-0.25, -0.2) is 0 Å². The van der Waals surface area contributed by atoms with Crippen LogP contribution in [0.1, 0.15) is 31.7 Å². The second kappa shape index (κ2) is 14.3. The van der Waals surface area contributed by atoms with Crippen LogP contribution in [0.25, 0.3) is 5.57 Å². The molecule has 5 nitrogen and oxygen atoms in total. The van der Waals surface area contributed by atoms with Crippen LogP contribution < -0.4 is 16.4 Å². The standard InChI is InChI=1S/C21H29N4O.C6H5.U/c1-3-17(15-7-5-4-6-8-15)19(20(22)26)21-24-14-11-18(25(21)2)16-9-12-23-13-10-16;1-2-4-6-5-3-1;/h3,5-8,16,18,23-24H,9-14H2,1-2H3,(H2,22,26);1-5H;/q2*-1;+2/b17-3-,21-19+;;/t18-;;/m0../s1. The summed E-state index contributed by atoms with van der Waals surface area (Å²) in [6, 6.07) is 23.6. The van der Waals surface area contributed by atoms with Crippen LogP contribution in [-0.4, -0.2) is 43.5 Å². The first kappa shape index (κ1) is 27.2. The van der Waals surface area contributed by atoms with Gasteiger partial charge in [0.1, 0.15) is 5.82 Å². The summed E-state index contributed by atoms with van der Waals surface area (Å²) in [5, 5.41) is 6.88. The molecule has 0 unspecified atom stereocenters. The van der Waals surface area contributed by atoms with E-state index in [0.29, 0.717) is 17.5 Å². The number of piperidine rings is 1. The number of hydrogen-bond donors (Lipinski definition) is 3. The smallest absolute Gasteiger partial charge is 0.371 e. The summed E-state index contributed by atoms with van der Waals surface area (Å²) < 4.78 is 0. The Bertz CT molecular complexity index is 882. The van der Waals surface area contributed by atoms with E-state index in [0.717, 1.165) is 43.0 Å². The maximum atomic E-state index is 12.4. The first-order valence-electron chi connectivity index (χ1n) is 11.4. The van der Waals surface area contributed by atoms with Crippen LogP contribution in [0.3, 0.4) is 0 Å². The molecule has 0 spiro atoms. The number of carbonyl (C=O) groups excluding carboxylic acids is 1. The molecule has 1 amide bonds. The van der Waals surface area contributed by atoms with Crippen molar-refractivity contribution in [1.29, 1.82) is 0 Å². The van der Waals surface area contributed by atoms with E-state index in [4.69, 9.17) is 5.73 Å². The second-order valence-electron chi connectivity index (χ2n) is 8.14. The van der Waals surface area contributed by atoms with Gasteiger partial charge in [0.05, 0.1) is 5.57 Å². The molecule has 2 aliphatic heterocycles. The van der Waals surface area contributed by atoms with Crippen LogP contribution in [-0.2, 0) is 4.79 Å². The largest absolute Gasteiger partial charge is 2.00 e. The van der Waals surface area contributed by atoms with Gasteiger partial charge in [-0.2, -0.15) is 66.7 Å². The normalized spacial score (nSPS) is 20.5. The number of carbonyl (C=O) groups is 1. The number of primary amides is 1. The van der Waals surface area contributed by atoms with Crippen molar-refractivity contribution in [3.8, 4) is 0 Å². The van der Waals surface area contributed by atoms with Crippen LogP contribution in [0.4, 0.5) is 0 Å². The van der Waals surface area contributed by atoms with Crippen molar-refractivity contribution >= 4 is 11.5 Å². The van der Waals surface area contributed by atoms with Gasteiger partial charge in [-0.15, -0.1) is 5.56 Å². The molecule has 2 saturated heterocycles. The number of allylic oxidation sites excluding steroid dienone is 1. The average Bonchev–Trinajstić information content (AvgIpc) is 2.85. The van der Waals surface area contributed by atoms with Crippen LogP contribution in [0, 0.1) is 49.2 Å². The van der Waals surface area contributed by atoms with Crippen molar-refractivity contribution in [2.75, 3.05) is 26.7 Å². The SMILES string of the molecule is C/C=C(\C(C(N)=O)=C1\NCC[C@@H](C2CCNCC2)N1C)c1cc[c-]cc1.[U+2].[c-]1ccccc1. The summed E-state index contributed by atoms with van der Waals surface area (Å²) in [5.41, 5.74) is 8.26. The molecule has 33 heavy (non-hydrogen) atoms. The molecule has 2 heterocycles. The van der Waals surface area contributed by atoms with E-state index in [2.05, 4.69) is 34.7 Å². The molecular weight excluding hydrogens is 634 g/mol. The van der Waals surface area contributed by atoms with Gasteiger partial charge >= 0.3 is 31.1 Å². The fourth-order valence-corrected chi connectivity index (χ4v) is 4.61. The van der Waals surface area contributed by atoms with Crippen LogP contribution >= 0.6 is 0 Å². The molecule has 6 heteroatoms. The van der Waals surface area contributed by atoms with E-state index < -0.39 is 5.91 Å². The van der Waals surface area contributed by atoms with E-state index in [9.17, 15) is 4.79 Å². The summed E-state index contributed by atoms with van der Waals surface area (Å²) >= 11 is 0. The molecule has 0 aromatic heterocycles. The molecule has 1 atom stereocenters. The summed E-state index contributed by atoms with van der Waals surface area (Å²) in [5.74, 6) is 1.10. The van der Waals surface area contributed by atoms with Crippen LogP contribution in [0.15, 0.2) is 72.1 Å². The molecule has 4 N–H and O–H groups in total. The summed E-state index contributed by atoms with van der Waals surface area (Å²) in [6.07, 6.45) is 5.41. The molecule has 0 bridgehead atoms. The average molecular weight is 669 g/mol. The van der Waals surface area contributed by atoms with E-state index in [1.54, 1.807) is 0 Å². The molecule has 2 fully saturated rings. The van der Waals surface area contributed by atoms with Gasteiger partial charge in [-0.3, -0.25) is 4.79 Å². The summed E-state index contributed by atoms with van der Waals surface area (Å²) in [6.45, 7) is 4.96. The van der Waals surface area contributed by atoms with Crippen LogP contribution in [0.2, 0.25) is 0 Å². The van der Waals surface area contributed by atoms with Crippen molar-refractivity contribution in [3.05, 3.63) is 89.8 Å². The fraction of sp³-hybridized carbons (Fsp3) is 0.370. The van der Waals surface area contributed by atoms with Crippen molar-refractivity contribution in [1.82, 2.24) is 15.5 Å². The molecule has 0 saturated carbocycles. The molecule has 0 radical (unpaired) electrons. The monoisotopic (exact) mass is 668 g/mol. The summed E-state index contributed by atoms with van der Waals surface area (Å²) in [7, 11) is 2.09. The maximum absolute atomic E-state index is 12.4. The van der Waals surface area contributed by atoms with Gasteiger partial charge in [0.2, 0.25) is 0 Å². The predicted molar refractivity (Wildman–Crippen MR) is 130 cm³/mol. The Morgan fingerprint density at radius 2 is 1.67 bits per heavy atom. The Balaban J connectivity index is 0.000000479. The van der Waals surface area contributed by atoms with Gasteiger partial charge in [-0.1, -0.05) is 6.08 Å². The Hall–Kier alpha value is -2.00. The number of nitrogens with one attached hydrogen (secondary N) is 2. The molecule has 2 aromatic rings. The Kier molecular flexibility index (Phi) is 11.8. The van der Waals surface area contributed by atoms with Gasteiger partial charge in [-0.05, 0) is 50.8 Å². The molecule has 0 aliphatic carbocycles. The Labute approximate surface area is 222 Å². The number of hydrogen-bond acceptors (Lipinski definition) is 4. The number of rotatable bonds is 4. The van der Waals surface area contributed by atoms with Gasteiger partial charge in [0.15, 0.2) is 0 Å². The van der Waals surface area contributed by atoms with E-state index in [1.165, 1.54) is 12.8 Å². The number of nitrogens with two attached hydrogens (primary N) is 1. The van der Waals surface area contributed by atoms with E-state index >= 15 is 0 Å². The van der Waals surface area contributed by atoms with Crippen LogP contribution in [0.5, 0.6) is 0 Å². The molecule has 172 valence electrons. The molecule has 2 aliphatic rings. The minimum Gasteiger partial charge on any atom is -0.371 e. The zero-order valence-electron chi connectivity index (χ0n) is 19.6. The van der Waals surface area contributed by atoms with Gasteiger partial charge in [0, 0.05) is 19.6 Å². The van der Waals surface area contributed by atoms with E-state index in [1.807, 2.05) is 67.6 Å². The van der Waals surface area contributed by atoms with Crippen molar-refractivity contribution in [2.45, 2.75) is 32.2 Å². The number of benzene rings is 2. The quantitative estimate of drug-likeness (QED) is 0.346. The number of nitrogens with zero attached hydrogens (tertiary/aromatic N) is 1. The third-order valence-corrected chi connectivity index (χ3v) is 6.19. The maximum Gasteiger partial charge on any atom is 2.00 e. The minimum atomic E-state index is -0.397. The minimum absolute atomic E-state index is 0. The third-order valence-electron chi connectivity index (χ3n) is 6.19. The molecular formula is C27H34N4OU. The van der Waals surface area contributed by atoms with Gasteiger partial charge in [0.25, 0.3) is 5.91 Å². The first-order chi connectivity index (χ1) is 15.6.